The van der Waals surface area contributed by atoms with E-state index in [-0.39, 0.29) is 12.3 Å². The Labute approximate surface area is 126 Å². The lowest BCUT2D eigenvalue weighted by molar-refractivity contribution is -0.129. The molecular formula is C14H16N2O4S. The van der Waals surface area contributed by atoms with Gasteiger partial charge in [-0.15, -0.1) is 11.8 Å². The molecule has 0 aliphatic rings. The van der Waals surface area contributed by atoms with E-state index in [9.17, 15) is 19.2 Å². The molecule has 7 heteroatoms. The van der Waals surface area contributed by atoms with Gasteiger partial charge in [0.15, 0.2) is 0 Å². The number of nitrogens with one attached hydrogen (secondary N) is 2. The van der Waals surface area contributed by atoms with E-state index < -0.39 is 17.7 Å². The standard InChI is InChI=1S/C14H16N2O4S/c1-9(17)15-13(19)7-8-21-12-6-4-3-5-11(12)14(20)16-10(2)18/h3-6H,7-8H2,1-2H3,(H,15,17,19)(H,16,18,20). The van der Waals surface area contributed by atoms with Crippen molar-refractivity contribution in [1.29, 1.82) is 0 Å². The van der Waals surface area contributed by atoms with E-state index in [1.807, 2.05) is 0 Å². The lowest BCUT2D eigenvalue weighted by atomic mass is 10.2. The summed E-state index contributed by atoms with van der Waals surface area (Å²) in [5, 5.41) is 4.39. The van der Waals surface area contributed by atoms with Gasteiger partial charge >= 0.3 is 0 Å². The Kier molecular flexibility index (Phi) is 6.61. The van der Waals surface area contributed by atoms with E-state index in [1.165, 1.54) is 25.6 Å². The highest BCUT2D eigenvalue weighted by Crippen LogP contribution is 2.23. The van der Waals surface area contributed by atoms with Gasteiger partial charge in [-0.1, -0.05) is 12.1 Å². The summed E-state index contributed by atoms with van der Waals surface area (Å²) >= 11 is 1.31. The highest BCUT2D eigenvalue weighted by molar-refractivity contribution is 7.99. The molecule has 1 aromatic rings. The third-order valence-electron chi connectivity index (χ3n) is 2.32. The van der Waals surface area contributed by atoms with Gasteiger partial charge in [-0.3, -0.25) is 29.8 Å². The van der Waals surface area contributed by atoms with Crippen LogP contribution >= 0.6 is 11.8 Å². The molecule has 0 aliphatic heterocycles. The van der Waals surface area contributed by atoms with E-state index in [4.69, 9.17) is 0 Å². The number of hydrogen-bond donors (Lipinski definition) is 2. The second-order valence-electron chi connectivity index (χ2n) is 4.21. The van der Waals surface area contributed by atoms with Gasteiger partial charge in [0.1, 0.15) is 0 Å². The van der Waals surface area contributed by atoms with Crippen LogP contribution in [0.15, 0.2) is 29.2 Å². The fraction of sp³-hybridized carbons (Fsp3) is 0.286. The molecule has 2 N–H and O–H groups in total. The van der Waals surface area contributed by atoms with Crippen molar-refractivity contribution in [1.82, 2.24) is 10.6 Å². The average Bonchev–Trinajstić information content (AvgIpc) is 2.37. The molecule has 0 radical (unpaired) electrons. The molecule has 0 unspecified atom stereocenters. The lowest BCUT2D eigenvalue weighted by Crippen LogP contribution is -2.28. The number of thioether (sulfide) groups is 1. The summed E-state index contributed by atoms with van der Waals surface area (Å²) in [5.41, 5.74) is 0.379. The van der Waals surface area contributed by atoms with Crippen LogP contribution in [-0.4, -0.2) is 29.4 Å². The smallest absolute Gasteiger partial charge is 0.258 e. The molecule has 0 atom stereocenters. The molecule has 4 amide bonds. The molecule has 0 aromatic heterocycles. The highest BCUT2D eigenvalue weighted by atomic mass is 32.2. The molecule has 0 aliphatic carbocycles. The maximum absolute atomic E-state index is 11.8. The number of carbonyl (C=O) groups is 4. The second-order valence-corrected chi connectivity index (χ2v) is 5.35. The minimum atomic E-state index is -0.473. The first kappa shape index (κ1) is 16.9. The zero-order valence-electron chi connectivity index (χ0n) is 11.8. The lowest BCUT2D eigenvalue weighted by Gasteiger charge is -2.08. The van der Waals surface area contributed by atoms with Crippen molar-refractivity contribution in [2.24, 2.45) is 0 Å². The van der Waals surface area contributed by atoms with Gasteiger partial charge in [0, 0.05) is 30.9 Å². The van der Waals surface area contributed by atoms with Crippen molar-refractivity contribution in [3.63, 3.8) is 0 Å². The summed E-state index contributed by atoms with van der Waals surface area (Å²) in [5.74, 6) is -1.24. The minimum Gasteiger partial charge on any atom is -0.297 e. The first-order valence-electron chi connectivity index (χ1n) is 6.24. The van der Waals surface area contributed by atoms with Crippen LogP contribution in [0.5, 0.6) is 0 Å². The molecule has 1 rings (SSSR count). The second kappa shape index (κ2) is 8.21. The van der Waals surface area contributed by atoms with Crippen LogP contribution in [0.3, 0.4) is 0 Å². The molecule has 0 spiro atoms. The first-order chi connectivity index (χ1) is 9.90. The Morgan fingerprint density at radius 3 is 2.24 bits per heavy atom. The summed E-state index contributed by atoms with van der Waals surface area (Å²) < 4.78 is 0. The Hall–Kier alpha value is -2.15. The van der Waals surface area contributed by atoms with Gasteiger partial charge in [-0.25, -0.2) is 0 Å². The van der Waals surface area contributed by atoms with Gasteiger partial charge in [-0.2, -0.15) is 0 Å². The number of amides is 4. The number of carbonyl (C=O) groups excluding carboxylic acids is 4. The van der Waals surface area contributed by atoms with Crippen molar-refractivity contribution in [3.8, 4) is 0 Å². The fourth-order valence-corrected chi connectivity index (χ4v) is 2.52. The van der Waals surface area contributed by atoms with Crippen molar-refractivity contribution < 1.29 is 19.2 Å². The molecular weight excluding hydrogens is 292 g/mol. The summed E-state index contributed by atoms with van der Waals surface area (Å²) in [6.07, 6.45) is 0.160. The van der Waals surface area contributed by atoms with E-state index in [0.717, 1.165) is 0 Å². The number of rotatable bonds is 5. The zero-order chi connectivity index (χ0) is 15.8. The summed E-state index contributed by atoms with van der Waals surface area (Å²) in [4.78, 5) is 45.5. The van der Waals surface area contributed by atoms with Crippen molar-refractivity contribution in [2.75, 3.05) is 5.75 Å². The van der Waals surface area contributed by atoms with Crippen LogP contribution < -0.4 is 10.6 Å². The van der Waals surface area contributed by atoms with Gasteiger partial charge in [0.05, 0.1) is 5.56 Å². The van der Waals surface area contributed by atoms with Crippen LogP contribution in [0.1, 0.15) is 30.6 Å². The third-order valence-corrected chi connectivity index (χ3v) is 3.40. The maximum atomic E-state index is 11.8. The molecule has 6 nitrogen and oxygen atoms in total. The van der Waals surface area contributed by atoms with E-state index >= 15 is 0 Å². The number of hydrogen-bond acceptors (Lipinski definition) is 5. The minimum absolute atomic E-state index is 0.160. The summed E-state index contributed by atoms with van der Waals surface area (Å²) in [6, 6.07) is 6.81. The Morgan fingerprint density at radius 1 is 1.00 bits per heavy atom. The van der Waals surface area contributed by atoms with Crippen LogP contribution in [0.4, 0.5) is 0 Å². The average molecular weight is 308 g/mol. The molecule has 0 saturated heterocycles. The summed E-state index contributed by atoms with van der Waals surface area (Å²) in [7, 11) is 0. The summed E-state index contributed by atoms with van der Waals surface area (Å²) in [6.45, 7) is 2.53. The molecule has 0 fully saturated rings. The Balaban J connectivity index is 2.63. The largest absolute Gasteiger partial charge is 0.297 e. The maximum Gasteiger partial charge on any atom is 0.258 e. The van der Waals surface area contributed by atoms with E-state index in [1.54, 1.807) is 24.3 Å². The number of benzene rings is 1. The topological polar surface area (TPSA) is 92.3 Å². The zero-order valence-corrected chi connectivity index (χ0v) is 12.6. The van der Waals surface area contributed by atoms with Crippen LogP contribution in [0, 0.1) is 0 Å². The van der Waals surface area contributed by atoms with Crippen LogP contribution in [0.2, 0.25) is 0 Å². The quantitative estimate of drug-likeness (QED) is 0.795. The SMILES string of the molecule is CC(=O)NC(=O)CCSc1ccccc1C(=O)NC(C)=O. The van der Waals surface area contributed by atoms with Crippen molar-refractivity contribution >= 4 is 35.4 Å². The van der Waals surface area contributed by atoms with Crippen LogP contribution in [0.25, 0.3) is 0 Å². The van der Waals surface area contributed by atoms with Gasteiger partial charge < -0.3 is 0 Å². The monoisotopic (exact) mass is 308 g/mol. The number of imide groups is 2. The van der Waals surface area contributed by atoms with Gasteiger partial charge in [-0.05, 0) is 12.1 Å². The van der Waals surface area contributed by atoms with Crippen molar-refractivity contribution in [2.45, 2.75) is 25.2 Å². The van der Waals surface area contributed by atoms with Crippen molar-refractivity contribution in [3.05, 3.63) is 29.8 Å². The third kappa shape index (κ3) is 6.22. The van der Waals surface area contributed by atoms with Gasteiger partial charge in [0.25, 0.3) is 5.91 Å². The Morgan fingerprint density at radius 2 is 1.62 bits per heavy atom. The Bertz CT molecular complexity index is 572. The first-order valence-corrected chi connectivity index (χ1v) is 7.23. The van der Waals surface area contributed by atoms with Gasteiger partial charge in [0.2, 0.25) is 17.7 Å². The molecule has 0 heterocycles. The highest BCUT2D eigenvalue weighted by Gasteiger charge is 2.13. The fourth-order valence-electron chi connectivity index (χ4n) is 1.52. The van der Waals surface area contributed by atoms with E-state index in [2.05, 4.69) is 10.6 Å². The molecule has 0 bridgehead atoms. The molecule has 21 heavy (non-hydrogen) atoms. The molecule has 112 valence electrons. The van der Waals surface area contributed by atoms with E-state index in [0.29, 0.717) is 16.2 Å². The van der Waals surface area contributed by atoms with Crippen LogP contribution in [-0.2, 0) is 14.4 Å². The molecule has 1 aromatic carbocycles. The molecule has 0 saturated carbocycles. The normalized spacial score (nSPS) is 9.81. The predicted octanol–water partition coefficient (Wildman–Crippen LogP) is 1.11. The predicted molar refractivity (Wildman–Crippen MR) is 78.8 cm³/mol.